The van der Waals surface area contributed by atoms with Crippen molar-refractivity contribution in [2.24, 2.45) is 0 Å². The smallest absolute Gasteiger partial charge is 0.292 e. The van der Waals surface area contributed by atoms with Crippen LogP contribution in [0.1, 0.15) is 10.4 Å². The fraction of sp³-hybridized carbons (Fsp3) is 0.350. The molecule has 0 spiro atoms. The molecule has 156 valence electrons. The molecule has 3 aromatic rings. The lowest BCUT2D eigenvalue weighted by Gasteiger charge is -2.35. The monoisotopic (exact) mass is 427 g/mol. The summed E-state index contributed by atoms with van der Waals surface area (Å²) in [5.41, 5.74) is 1.33. The van der Waals surface area contributed by atoms with Crippen LogP contribution < -0.4 is 10.5 Å². The summed E-state index contributed by atoms with van der Waals surface area (Å²) >= 11 is 1.48. The number of thiophene rings is 1. The van der Waals surface area contributed by atoms with E-state index in [1.807, 2.05) is 18.7 Å². The van der Waals surface area contributed by atoms with Crippen LogP contribution in [-0.2, 0) is 11.3 Å². The lowest BCUT2D eigenvalue weighted by molar-refractivity contribution is -0.384. The topological polar surface area (TPSA) is 102 Å². The number of aryl methyl sites for hydroxylation is 2. The normalized spacial score (nSPS) is 14.3. The quantitative estimate of drug-likeness (QED) is 0.468. The van der Waals surface area contributed by atoms with Gasteiger partial charge in [-0.2, -0.15) is 0 Å². The fourth-order valence-corrected chi connectivity index (χ4v) is 4.70. The first-order chi connectivity index (χ1) is 14.4. The zero-order valence-corrected chi connectivity index (χ0v) is 17.5. The first-order valence-corrected chi connectivity index (χ1v) is 10.4. The standard InChI is InChI=1S/C20H21N5O4S/c1-13-14(2)30-19-18(13)20(27)24(12-21-19)11-17(26)23-9-7-22(8-10-23)15-5-3-4-6-16(15)25(28)29/h3-6,12H,7-11H2,1-2H3. The summed E-state index contributed by atoms with van der Waals surface area (Å²) in [6, 6.07) is 6.61. The van der Waals surface area contributed by atoms with Gasteiger partial charge in [-0.05, 0) is 25.5 Å². The Balaban J connectivity index is 1.46. The van der Waals surface area contributed by atoms with E-state index in [4.69, 9.17) is 0 Å². The molecule has 1 saturated heterocycles. The minimum atomic E-state index is -0.392. The van der Waals surface area contributed by atoms with Crippen molar-refractivity contribution in [3.63, 3.8) is 0 Å². The maximum Gasteiger partial charge on any atom is 0.292 e. The third-order valence-corrected chi connectivity index (χ3v) is 6.63. The van der Waals surface area contributed by atoms with Crippen LogP contribution in [0.3, 0.4) is 0 Å². The van der Waals surface area contributed by atoms with E-state index in [1.54, 1.807) is 23.1 Å². The zero-order valence-electron chi connectivity index (χ0n) is 16.7. The van der Waals surface area contributed by atoms with E-state index in [-0.39, 0.29) is 23.7 Å². The van der Waals surface area contributed by atoms with Crippen molar-refractivity contribution in [2.45, 2.75) is 20.4 Å². The van der Waals surface area contributed by atoms with Gasteiger partial charge in [0.15, 0.2) is 0 Å². The summed E-state index contributed by atoms with van der Waals surface area (Å²) in [5.74, 6) is -0.162. The first-order valence-electron chi connectivity index (χ1n) is 9.58. The van der Waals surface area contributed by atoms with E-state index in [0.29, 0.717) is 42.1 Å². The van der Waals surface area contributed by atoms with Crippen molar-refractivity contribution < 1.29 is 9.72 Å². The Bertz CT molecular complexity index is 1190. The highest BCUT2D eigenvalue weighted by atomic mass is 32.1. The molecule has 30 heavy (non-hydrogen) atoms. The fourth-order valence-electron chi connectivity index (χ4n) is 3.71. The van der Waals surface area contributed by atoms with Gasteiger partial charge in [0.1, 0.15) is 17.1 Å². The van der Waals surface area contributed by atoms with Gasteiger partial charge in [0, 0.05) is 37.1 Å². The maximum atomic E-state index is 12.8. The Hall–Kier alpha value is -3.27. The van der Waals surface area contributed by atoms with E-state index < -0.39 is 4.92 Å². The molecule has 4 rings (SSSR count). The molecule has 0 atom stereocenters. The maximum absolute atomic E-state index is 12.8. The number of nitro benzene ring substituents is 1. The lowest BCUT2D eigenvalue weighted by Crippen LogP contribution is -2.50. The lowest BCUT2D eigenvalue weighted by atomic mass is 10.2. The van der Waals surface area contributed by atoms with E-state index in [1.165, 1.54) is 28.3 Å². The molecule has 9 nitrogen and oxygen atoms in total. The number of hydrogen-bond acceptors (Lipinski definition) is 7. The second-order valence-electron chi connectivity index (χ2n) is 7.25. The second kappa shape index (κ2) is 7.86. The van der Waals surface area contributed by atoms with Gasteiger partial charge in [0.2, 0.25) is 5.91 Å². The van der Waals surface area contributed by atoms with Crippen LogP contribution in [0.4, 0.5) is 11.4 Å². The van der Waals surface area contributed by atoms with E-state index >= 15 is 0 Å². The molecule has 1 aromatic carbocycles. The van der Waals surface area contributed by atoms with Crippen LogP contribution in [0.25, 0.3) is 10.2 Å². The zero-order chi connectivity index (χ0) is 21.4. The third kappa shape index (κ3) is 3.54. The van der Waals surface area contributed by atoms with Gasteiger partial charge in [-0.1, -0.05) is 12.1 Å². The van der Waals surface area contributed by atoms with Crippen molar-refractivity contribution >= 4 is 38.8 Å². The summed E-state index contributed by atoms with van der Waals surface area (Å²) in [7, 11) is 0. The molecule has 1 fully saturated rings. The van der Waals surface area contributed by atoms with Crippen LogP contribution >= 0.6 is 11.3 Å². The van der Waals surface area contributed by atoms with Crippen molar-refractivity contribution in [1.82, 2.24) is 14.5 Å². The Morgan fingerprint density at radius 3 is 2.60 bits per heavy atom. The molecule has 2 aromatic heterocycles. The molecule has 1 aliphatic heterocycles. The van der Waals surface area contributed by atoms with Gasteiger partial charge >= 0.3 is 0 Å². The summed E-state index contributed by atoms with van der Waals surface area (Å²) in [6.07, 6.45) is 1.43. The minimum Gasteiger partial charge on any atom is -0.362 e. The average Bonchev–Trinajstić information content (AvgIpc) is 3.04. The van der Waals surface area contributed by atoms with E-state index in [0.717, 1.165) is 10.4 Å². The molecule has 1 amide bonds. The van der Waals surface area contributed by atoms with Crippen molar-refractivity contribution in [2.75, 3.05) is 31.1 Å². The molecule has 0 N–H and O–H groups in total. The van der Waals surface area contributed by atoms with Gasteiger partial charge < -0.3 is 9.80 Å². The molecule has 0 aliphatic carbocycles. The number of fused-ring (bicyclic) bond motifs is 1. The summed E-state index contributed by atoms with van der Waals surface area (Å²) in [6.45, 7) is 5.63. The van der Waals surface area contributed by atoms with Crippen LogP contribution in [0.15, 0.2) is 35.4 Å². The highest BCUT2D eigenvalue weighted by molar-refractivity contribution is 7.18. The van der Waals surface area contributed by atoms with Gasteiger partial charge in [-0.15, -0.1) is 11.3 Å². The molecular formula is C20H21N5O4S. The molecular weight excluding hydrogens is 406 g/mol. The van der Waals surface area contributed by atoms with Crippen molar-refractivity contribution in [3.8, 4) is 0 Å². The molecule has 0 radical (unpaired) electrons. The third-order valence-electron chi connectivity index (χ3n) is 5.51. The number of carbonyl (C=O) groups is 1. The predicted octanol–water partition coefficient (Wildman–Crippen LogP) is 2.33. The highest BCUT2D eigenvalue weighted by Crippen LogP contribution is 2.28. The number of nitrogens with zero attached hydrogens (tertiary/aromatic N) is 5. The number of amides is 1. The largest absolute Gasteiger partial charge is 0.362 e. The number of para-hydroxylation sites is 2. The summed E-state index contributed by atoms with van der Waals surface area (Å²) in [4.78, 5) is 46.1. The number of carbonyl (C=O) groups excluding carboxylic acids is 1. The number of rotatable bonds is 4. The summed E-state index contributed by atoms with van der Waals surface area (Å²) in [5, 5.41) is 11.8. The Morgan fingerprint density at radius 2 is 1.90 bits per heavy atom. The molecule has 1 aliphatic rings. The van der Waals surface area contributed by atoms with Gasteiger partial charge in [-0.25, -0.2) is 4.98 Å². The number of benzene rings is 1. The Labute approximate surface area is 176 Å². The molecule has 0 bridgehead atoms. The summed E-state index contributed by atoms with van der Waals surface area (Å²) < 4.78 is 1.36. The van der Waals surface area contributed by atoms with Crippen LogP contribution in [0, 0.1) is 24.0 Å². The van der Waals surface area contributed by atoms with E-state index in [9.17, 15) is 19.7 Å². The molecule has 3 heterocycles. The predicted molar refractivity (Wildman–Crippen MR) is 115 cm³/mol. The Kier molecular flexibility index (Phi) is 5.25. The number of aromatic nitrogens is 2. The van der Waals surface area contributed by atoms with Gasteiger partial charge in [-0.3, -0.25) is 24.3 Å². The van der Waals surface area contributed by atoms with Crippen LogP contribution in [0.5, 0.6) is 0 Å². The second-order valence-corrected chi connectivity index (χ2v) is 8.46. The first kappa shape index (κ1) is 20.0. The molecule has 0 saturated carbocycles. The SMILES string of the molecule is Cc1sc2ncn(CC(=O)N3CCN(c4ccccc4[N+](=O)[O-])CC3)c(=O)c2c1C. The average molecular weight is 427 g/mol. The van der Waals surface area contributed by atoms with Gasteiger partial charge in [0.25, 0.3) is 11.2 Å². The molecule has 10 heteroatoms. The van der Waals surface area contributed by atoms with Crippen LogP contribution in [0.2, 0.25) is 0 Å². The number of nitro groups is 1. The van der Waals surface area contributed by atoms with E-state index in [2.05, 4.69) is 4.98 Å². The highest BCUT2D eigenvalue weighted by Gasteiger charge is 2.26. The minimum absolute atomic E-state index is 0.0598. The number of anilines is 1. The van der Waals surface area contributed by atoms with Crippen LogP contribution in [-0.4, -0.2) is 51.5 Å². The number of hydrogen-bond donors (Lipinski definition) is 0. The van der Waals surface area contributed by atoms with Gasteiger partial charge in [0.05, 0.1) is 16.6 Å². The number of piperazine rings is 1. The van der Waals surface area contributed by atoms with Crippen molar-refractivity contribution in [1.29, 1.82) is 0 Å². The Morgan fingerprint density at radius 1 is 1.20 bits per heavy atom. The van der Waals surface area contributed by atoms with Crippen molar-refractivity contribution in [3.05, 3.63) is 61.5 Å². The molecule has 0 unspecified atom stereocenters.